The first-order valence-electron chi connectivity index (χ1n) is 11.3. The second kappa shape index (κ2) is 12.6. The summed E-state index contributed by atoms with van der Waals surface area (Å²) in [6.45, 7) is 5.02. The highest BCUT2D eigenvalue weighted by atomic mass is 19.4. The summed E-state index contributed by atoms with van der Waals surface area (Å²) in [6.07, 6.45) is 0.0695. The molecular weight excluding hydrogens is 450 g/mol. The molecule has 0 spiro atoms. The first-order valence-corrected chi connectivity index (χ1v) is 11.3. The molecule has 0 amide bonds. The number of aliphatic carboxylic acids is 1. The van der Waals surface area contributed by atoms with Crippen LogP contribution in [0.5, 0.6) is 0 Å². The SMILES string of the molecule is FC(F)(F)c1cccc(CNCC2CCN(CC3CCCCC3)CC2)c1.O=C(O)C(F)(F)F. The van der Waals surface area contributed by atoms with Gasteiger partial charge in [0.2, 0.25) is 0 Å². The maximum absolute atomic E-state index is 12.8. The molecule has 0 unspecified atom stereocenters. The van der Waals surface area contributed by atoms with Crippen LogP contribution in [0.1, 0.15) is 56.1 Å². The minimum Gasteiger partial charge on any atom is -0.475 e. The van der Waals surface area contributed by atoms with Gasteiger partial charge in [0.1, 0.15) is 0 Å². The number of carboxylic acid groups (broad SMARTS) is 1. The van der Waals surface area contributed by atoms with Crippen LogP contribution in [0.4, 0.5) is 26.3 Å². The minimum atomic E-state index is -5.08. The number of benzene rings is 1. The number of piperidine rings is 1. The van der Waals surface area contributed by atoms with E-state index in [4.69, 9.17) is 9.90 Å². The molecule has 3 rings (SSSR count). The van der Waals surface area contributed by atoms with Gasteiger partial charge in [-0.05, 0) is 68.8 Å². The van der Waals surface area contributed by atoms with Crippen LogP contribution in [-0.4, -0.2) is 48.3 Å². The third kappa shape index (κ3) is 10.3. The summed E-state index contributed by atoms with van der Waals surface area (Å²) in [7, 11) is 0. The number of nitrogens with zero attached hydrogens (tertiary/aromatic N) is 1. The van der Waals surface area contributed by atoms with E-state index in [1.54, 1.807) is 6.07 Å². The largest absolute Gasteiger partial charge is 0.490 e. The fourth-order valence-electron chi connectivity index (χ4n) is 4.39. The van der Waals surface area contributed by atoms with Crippen molar-refractivity contribution in [3.05, 3.63) is 35.4 Å². The molecule has 0 aromatic heterocycles. The lowest BCUT2D eigenvalue weighted by atomic mass is 9.88. The fraction of sp³-hybridized carbons (Fsp3) is 0.696. The van der Waals surface area contributed by atoms with Gasteiger partial charge in [-0.2, -0.15) is 26.3 Å². The van der Waals surface area contributed by atoms with Crippen molar-refractivity contribution in [3.63, 3.8) is 0 Å². The predicted molar refractivity (Wildman–Crippen MR) is 113 cm³/mol. The highest BCUT2D eigenvalue weighted by Gasteiger charge is 2.38. The standard InChI is InChI=1S/C21H31F3N2.C2HF3O2/c22-21(23,24)20-8-4-7-19(13-20)15-25-14-17-9-11-26(12-10-17)16-18-5-2-1-3-6-18;3-2(4,5)1(6)7/h4,7-8,13,17-18,25H,1-3,5-6,9-12,14-16H2;(H,6,7). The maximum atomic E-state index is 12.8. The number of hydrogen-bond donors (Lipinski definition) is 2. The van der Waals surface area contributed by atoms with E-state index < -0.39 is 23.9 Å². The van der Waals surface area contributed by atoms with Crippen molar-refractivity contribution in [1.29, 1.82) is 0 Å². The summed E-state index contributed by atoms with van der Waals surface area (Å²) in [6, 6.07) is 5.63. The lowest BCUT2D eigenvalue weighted by Crippen LogP contribution is -2.39. The van der Waals surface area contributed by atoms with Crippen molar-refractivity contribution in [2.45, 2.75) is 63.8 Å². The zero-order valence-corrected chi connectivity index (χ0v) is 18.5. The monoisotopic (exact) mass is 482 g/mol. The maximum Gasteiger partial charge on any atom is 0.490 e. The Kier molecular flexibility index (Phi) is 10.5. The molecule has 1 saturated carbocycles. The summed E-state index contributed by atoms with van der Waals surface area (Å²) < 4.78 is 70.0. The Morgan fingerprint density at radius 2 is 1.58 bits per heavy atom. The number of carboxylic acids is 1. The van der Waals surface area contributed by atoms with Gasteiger partial charge in [0.25, 0.3) is 0 Å². The van der Waals surface area contributed by atoms with E-state index in [0.29, 0.717) is 18.0 Å². The van der Waals surface area contributed by atoms with Crippen molar-refractivity contribution < 1.29 is 36.2 Å². The van der Waals surface area contributed by atoms with Crippen molar-refractivity contribution >= 4 is 5.97 Å². The van der Waals surface area contributed by atoms with Crippen molar-refractivity contribution in [2.24, 2.45) is 11.8 Å². The van der Waals surface area contributed by atoms with Gasteiger partial charge >= 0.3 is 18.3 Å². The van der Waals surface area contributed by atoms with Crippen LogP contribution in [0.3, 0.4) is 0 Å². The number of halogens is 6. The zero-order chi connectivity index (χ0) is 24.5. The number of carbonyl (C=O) groups is 1. The first kappa shape index (κ1) is 27.4. The average Bonchev–Trinajstić information content (AvgIpc) is 2.75. The lowest BCUT2D eigenvalue weighted by Gasteiger charge is -2.35. The highest BCUT2D eigenvalue weighted by Crippen LogP contribution is 2.30. The van der Waals surface area contributed by atoms with Gasteiger partial charge in [-0.3, -0.25) is 0 Å². The predicted octanol–water partition coefficient (Wildman–Crippen LogP) is 5.72. The van der Waals surface area contributed by atoms with E-state index in [9.17, 15) is 26.3 Å². The molecule has 0 radical (unpaired) electrons. The summed E-state index contributed by atoms with van der Waals surface area (Å²) >= 11 is 0. The zero-order valence-electron chi connectivity index (χ0n) is 18.5. The lowest BCUT2D eigenvalue weighted by molar-refractivity contribution is -0.192. The Morgan fingerprint density at radius 3 is 2.12 bits per heavy atom. The Bertz CT molecular complexity index is 724. The van der Waals surface area contributed by atoms with Crippen LogP contribution >= 0.6 is 0 Å². The molecule has 1 aliphatic heterocycles. The minimum absolute atomic E-state index is 0.506. The average molecular weight is 483 g/mol. The molecular formula is C23H32F6N2O2. The number of hydrogen-bond acceptors (Lipinski definition) is 3. The summed E-state index contributed by atoms with van der Waals surface area (Å²) in [5.41, 5.74) is 0.141. The van der Waals surface area contributed by atoms with Crippen molar-refractivity contribution in [1.82, 2.24) is 10.2 Å². The smallest absolute Gasteiger partial charge is 0.475 e. The van der Waals surface area contributed by atoms with E-state index in [1.165, 1.54) is 76.7 Å². The topological polar surface area (TPSA) is 52.6 Å². The molecule has 1 aromatic rings. The second-order valence-corrected chi connectivity index (χ2v) is 8.88. The molecule has 1 heterocycles. The first-order chi connectivity index (χ1) is 15.4. The molecule has 0 atom stereocenters. The summed E-state index contributed by atoms with van der Waals surface area (Å²) in [5, 5.41) is 10.5. The summed E-state index contributed by atoms with van der Waals surface area (Å²) in [5.74, 6) is -1.21. The van der Waals surface area contributed by atoms with Crippen LogP contribution in [0, 0.1) is 11.8 Å². The fourth-order valence-corrected chi connectivity index (χ4v) is 4.39. The van der Waals surface area contributed by atoms with Crippen LogP contribution in [0.15, 0.2) is 24.3 Å². The van der Waals surface area contributed by atoms with Gasteiger partial charge in [-0.1, -0.05) is 37.5 Å². The van der Waals surface area contributed by atoms with Crippen LogP contribution < -0.4 is 5.32 Å². The molecule has 1 saturated heterocycles. The van der Waals surface area contributed by atoms with E-state index in [2.05, 4.69) is 10.2 Å². The van der Waals surface area contributed by atoms with Crippen molar-refractivity contribution in [3.8, 4) is 0 Å². The van der Waals surface area contributed by atoms with E-state index >= 15 is 0 Å². The van der Waals surface area contributed by atoms with Gasteiger partial charge < -0.3 is 15.3 Å². The Labute approximate surface area is 190 Å². The molecule has 1 aliphatic carbocycles. The van der Waals surface area contributed by atoms with Gasteiger partial charge in [-0.15, -0.1) is 0 Å². The molecule has 0 bridgehead atoms. The Morgan fingerprint density at radius 1 is 0.970 bits per heavy atom. The molecule has 2 aliphatic rings. The number of alkyl halides is 6. The van der Waals surface area contributed by atoms with Gasteiger partial charge in [0.05, 0.1) is 5.56 Å². The Balaban J connectivity index is 0.000000479. The Hall–Kier alpha value is -1.81. The molecule has 1 aromatic carbocycles. The van der Waals surface area contributed by atoms with E-state index in [-0.39, 0.29) is 0 Å². The van der Waals surface area contributed by atoms with Gasteiger partial charge in [0.15, 0.2) is 0 Å². The third-order valence-corrected chi connectivity index (χ3v) is 6.21. The number of likely N-dealkylation sites (tertiary alicyclic amines) is 1. The number of rotatable bonds is 6. The normalized spacial score (nSPS) is 19.1. The molecule has 33 heavy (non-hydrogen) atoms. The molecule has 188 valence electrons. The third-order valence-electron chi connectivity index (χ3n) is 6.21. The van der Waals surface area contributed by atoms with Crippen LogP contribution in [0.2, 0.25) is 0 Å². The van der Waals surface area contributed by atoms with Crippen LogP contribution in [0.25, 0.3) is 0 Å². The van der Waals surface area contributed by atoms with Gasteiger partial charge in [0, 0.05) is 13.1 Å². The van der Waals surface area contributed by atoms with Gasteiger partial charge in [-0.25, -0.2) is 4.79 Å². The summed E-state index contributed by atoms with van der Waals surface area (Å²) in [4.78, 5) is 11.5. The van der Waals surface area contributed by atoms with Crippen molar-refractivity contribution in [2.75, 3.05) is 26.2 Å². The molecule has 4 nitrogen and oxygen atoms in total. The highest BCUT2D eigenvalue weighted by molar-refractivity contribution is 5.73. The second-order valence-electron chi connectivity index (χ2n) is 8.88. The molecule has 10 heteroatoms. The van der Waals surface area contributed by atoms with Crippen LogP contribution in [-0.2, 0) is 17.5 Å². The van der Waals surface area contributed by atoms with E-state index in [1.807, 2.05) is 0 Å². The van der Waals surface area contributed by atoms with E-state index in [0.717, 1.165) is 18.5 Å². The molecule has 2 fully saturated rings. The quantitative estimate of drug-likeness (QED) is 0.510. The number of nitrogens with one attached hydrogen (secondary N) is 1. The molecule has 2 N–H and O–H groups in total.